The fraction of sp³-hybridized carbons (Fsp3) is 0.750. The molecule has 3 nitrogen and oxygen atoms in total. The lowest BCUT2D eigenvalue weighted by Crippen LogP contribution is -2.03. The molecule has 0 aliphatic heterocycles. The van der Waals surface area contributed by atoms with Gasteiger partial charge in [-0.1, -0.05) is 13.3 Å². The maximum absolute atomic E-state index is 4.90. The fourth-order valence-electron chi connectivity index (χ4n) is 1.95. The highest BCUT2D eigenvalue weighted by Crippen LogP contribution is 2.37. The van der Waals surface area contributed by atoms with Gasteiger partial charge in [0.1, 0.15) is 5.82 Å². The van der Waals surface area contributed by atoms with E-state index in [4.69, 9.17) is 16.7 Å². The SMILES string of the molecule is CC1CCCC1c1nc(=S)o[nH]1. The summed E-state index contributed by atoms with van der Waals surface area (Å²) in [5.74, 6) is 2.18. The van der Waals surface area contributed by atoms with Gasteiger partial charge in [-0.3, -0.25) is 0 Å². The van der Waals surface area contributed by atoms with Gasteiger partial charge in [-0.15, -0.1) is 0 Å². The molecule has 1 saturated carbocycles. The van der Waals surface area contributed by atoms with Gasteiger partial charge in [0.05, 0.1) is 0 Å². The lowest BCUT2D eigenvalue weighted by Gasteiger charge is -2.09. The molecule has 2 unspecified atom stereocenters. The van der Waals surface area contributed by atoms with Crippen LogP contribution in [0.5, 0.6) is 0 Å². The molecule has 1 aromatic rings. The van der Waals surface area contributed by atoms with Crippen LogP contribution in [0.3, 0.4) is 0 Å². The predicted octanol–water partition coefficient (Wildman–Crippen LogP) is 2.64. The number of nitrogens with zero attached hydrogens (tertiary/aromatic N) is 1. The first-order chi connectivity index (χ1) is 5.77. The summed E-state index contributed by atoms with van der Waals surface area (Å²) in [7, 11) is 0. The van der Waals surface area contributed by atoms with E-state index < -0.39 is 0 Å². The van der Waals surface area contributed by atoms with Crippen LogP contribution in [0.2, 0.25) is 0 Å². The average Bonchev–Trinajstić information content (AvgIpc) is 2.58. The van der Waals surface area contributed by atoms with E-state index in [0.717, 1.165) is 5.82 Å². The van der Waals surface area contributed by atoms with Crippen LogP contribution in [0.1, 0.15) is 37.9 Å². The largest absolute Gasteiger partial charge is 0.348 e. The number of nitrogens with one attached hydrogen (secondary N) is 1. The standard InChI is InChI=1S/C8H12N2OS/c1-5-3-2-4-6(5)7-9-8(12)11-10-7/h5-6H,2-4H2,1H3,(H,9,10,12). The summed E-state index contributed by atoms with van der Waals surface area (Å²) in [5, 5.41) is 2.79. The average molecular weight is 184 g/mol. The summed E-state index contributed by atoms with van der Waals surface area (Å²) in [4.78, 5) is 4.46. The van der Waals surface area contributed by atoms with Gasteiger partial charge in [-0.25, -0.2) is 5.16 Å². The Balaban J connectivity index is 2.24. The second kappa shape index (κ2) is 3.01. The van der Waals surface area contributed by atoms with Gasteiger partial charge in [-0.05, 0) is 31.0 Å². The van der Waals surface area contributed by atoms with Gasteiger partial charge in [0.25, 0.3) is 0 Å². The second-order valence-corrected chi connectivity index (χ2v) is 3.83. The summed E-state index contributed by atoms with van der Waals surface area (Å²) >= 11 is 4.80. The van der Waals surface area contributed by atoms with Crippen molar-refractivity contribution in [3.63, 3.8) is 0 Å². The van der Waals surface area contributed by atoms with E-state index in [1.807, 2.05) is 0 Å². The van der Waals surface area contributed by atoms with Crippen molar-refractivity contribution in [1.29, 1.82) is 0 Å². The van der Waals surface area contributed by atoms with Crippen molar-refractivity contribution in [3.8, 4) is 0 Å². The molecule has 66 valence electrons. The van der Waals surface area contributed by atoms with E-state index in [-0.39, 0.29) is 0 Å². The Kier molecular flexibility index (Phi) is 2.00. The molecule has 1 aromatic heterocycles. The van der Waals surface area contributed by atoms with Gasteiger partial charge >= 0.3 is 4.84 Å². The highest BCUT2D eigenvalue weighted by molar-refractivity contribution is 7.71. The Labute approximate surface area is 76.2 Å². The van der Waals surface area contributed by atoms with Crippen molar-refractivity contribution in [2.24, 2.45) is 5.92 Å². The van der Waals surface area contributed by atoms with Gasteiger partial charge in [0, 0.05) is 5.92 Å². The van der Waals surface area contributed by atoms with Crippen molar-refractivity contribution in [2.45, 2.75) is 32.1 Å². The normalized spacial score (nSPS) is 29.4. The van der Waals surface area contributed by atoms with Gasteiger partial charge in [-0.2, -0.15) is 4.98 Å². The Hall–Kier alpha value is -0.640. The molecule has 1 aliphatic carbocycles. The summed E-state index contributed by atoms with van der Waals surface area (Å²) in [6, 6.07) is 0. The molecule has 0 bridgehead atoms. The van der Waals surface area contributed by atoms with Gasteiger partial charge < -0.3 is 4.52 Å². The molecule has 1 heterocycles. The maximum Gasteiger partial charge on any atom is 0.314 e. The van der Waals surface area contributed by atoms with E-state index in [0.29, 0.717) is 16.7 Å². The Morgan fingerprint density at radius 1 is 1.58 bits per heavy atom. The van der Waals surface area contributed by atoms with E-state index in [1.54, 1.807) is 0 Å². The van der Waals surface area contributed by atoms with Gasteiger partial charge in [0.15, 0.2) is 0 Å². The minimum Gasteiger partial charge on any atom is -0.348 e. The summed E-state index contributed by atoms with van der Waals surface area (Å²) in [5.41, 5.74) is 0. The molecule has 1 aliphatic rings. The third kappa shape index (κ3) is 1.31. The Morgan fingerprint density at radius 2 is 2.42 bits per heavy atom. The van der Waals surface area contributed by atoms with Crippen molar-refractivity contribution in [3.05, 3.63) is 10.7 Å². The maximum atomic E-state index is 4.90. The molecule has 2 rings (SSSR count). The van der Waals surface area contributed by atoms with Crippen LogP contribution in [-0.4, -0.2) is 10.1 Å². The molecule has 0 saturated heterocycles. The molecule has 1 N–H and O–H groups in total. The number of hydrogen-bond donors (Lipinski definition) is 1. The number of rotatable bonds is 1. The minimum atomic E-state index is 0.323. The van der Waals surface area contributed by atoms with E-state index >= 15 is 0 Å². The first-order valence-electron chi connectivity index (χ1n) is 4.33. The van der Waals surface area contributed by atoms with Crippen LogP contribution in [0, 0.1) is 10.8 Å². The smallest absolute Gasteiger partial charge is 0.314 e. The van der Waals surface area contributed by atoms with Crippen LogP contribution >= 0.6 is 12.2 Å². The van der Waals surface area contributed by atoms with Gasteiger partial charge in [0.2, 0.25) is 0 Å². The van der Waals surface area contributed by atoms with Crippen molar-refractivity contribution in [2.75, 3.05) is 0 Å². The zero-order valence-corrected chi connectivity index (χ0v) is 7.86. The minimum absolute atomic E-state index is 0.323. The molecular weight excluding hydrogens is 172 g/mol. The van der Waals surface area contributed by atoms with Crippen LogP contribution in [-0.2, 0) is 0 Å². The quantitative estimate of drug-likeness (QED) is 0.682. The molecular formula is C8H12N2OS. The summed E-state index contributed by atoms with van der Waals surface area (Å²) < 4.78 is 4.90. The molecule has 2 atom stereocenters. The molecule has 0 spiro atoms. The van der Waals surface area contributed by atoms with Crippen molar-refractivity contribution >= 4 is 12.2 Å². The first-order valence-corrected chi connectivity index (χ1v) is 4.73. The summed E-state index contributed by atoms with van der Waals surface area (Å²) in [6.45, 7) is 2.25. The van der Waals surface area contributed by atoms with E-state index in [2.05, 4.69) is 17.1 Å². The zero-order valence-electron chi connectivity index (χ0n) is 7.04. The van der Waals surface area contributed by atoms with Crippen LogP contribution < -0.4 is 0 Å². The molecule has 0 aromatic carbocycles. The molecule has 0 radical (unpaired) electrons. The van der Waals surface area contributed by atoms with Crippen molar-refractivity contribution < 1.29 is 4.52 Å². The first kappa shape index (κ1) is 7.98. The van der Waals surface area contributed by atoms with E-state index in [9.17, 15) is 0 Å². The third-order valence-electron chi connectivity index (χ3n) is 2.67. The van der Waals surface area contributed by atoms with Crippen molar-refractivity contribution in [1.82, 2.24) is 10.1 Å². The zero-order chi connectivity index (χ0) is 8.55. The monoisotopic (exact) mass is 184 g/mol. The Morgan fingerprint density at radius 3 is 2.92 bits per heavy atom. The number of H-pyrrole nitrogens is 1. The number of aromatic nitrogens is 2. The predicted molar refractivity (Wildman–Crippen MR) is 47.4 cm³/mol. The number of hydrogen-bond acceptors (Lipinski definition) is 3. The molecule has 0 amide bonds. The number of aromatic amines is 1. The lowest BCUT2D eigenvalue weighted by atomic mass is 9.98. The van der Waals surface area contributed by atoms with Crippen LogP contribution in [0.25, 0.3) is 0 Å². The molecule has 1 fully saturated rings. The topological polar surface area (TPSA) is 41.8 Å². The molecule has 12 heavy (non-hydrogen) atoms. The van der Waals surface area contributed by atoms with Crippen LogP contribution in [0.4, 0.5) is 0 Å². The highest BCUT2D eigenvalue weighted by Gasteiger charge is 2.27. The highest BCUT2D eigenvalue weighted by atomic mass is 32.1. The summed E-state index contributed by atoms with van der Waals surface area (Å²) in [6.07, 6.45) is 3.79. The third-order valence-corrected chi connectivity index (χ3v) is 2.84. The van der Waals surface area contributed by atoms with E-state index in [1.165, 1.54) is 19.3 Å². The Bertz CT molecular complexity index is 317. The second-order valence-electron chi connectivity index (χ2n) is 3.48. The fourth-order valence-corrected chi connectivity index (χ4v) is 2.09. The lowest BCUT2D eigenvalue weighted by molar-refractivity contribution is 0.385. The van der Waals surface area contributed by atoms with Crippen LogP contribution in [0.15, 0.2) is 4.52 Å². The molecule has 4 heteroatoms.